The van der Waals surface area contributed by atoms with Gasteiger partial charge in [0, 0.05) is 13.7 Å². The second-order valence-corrected chi connectivity index (χ2v) is 5.43. The van der Waals surface area contributed by atoms with Crippen LogP contribution in [0.3, 0.4) is 0 Å². The Kier molecular flexibility index (Phi) is 5.03. The van der Waals surface area contributed by atoms with Gasteiger partial charge in [-0.1, -0.05) is 12.1 Å². The van der Waals surface area contributed by atoms with Crippen LogP contribution in [0.15, 0.2) is 24.3 Å². The Hall–Kier alpha value is -1.53. The normalized spacial score (nSPS) is 18.4. The maximum atomic E-state index is 11.9. The average molecular weight is 295 g/mol. The lowest BCUT2D eigenvalue weighted by atomic mass is 10.1. The molecule has 0 N–H and O–H groups in total. The van der Waals surface area contributed by atoms with Gasteiger partial charge in [-0.15, -0.1) is 11.8 Å². The molecule has 0 saturated carbocycles. The van der Waals surface area contributed by atoms with Crippen LogP contribution in [0, 0.1) is 0 Å². The number of hydrogen-bond donors (Lipinski definition) is 0. The quantitative estimate of drug-likeness (QED) is 0.774. The van der Waals surface area contributed by atoms with Gasteiger partial charge >= 0.3 is 5.97 Å². The van der Waals surface area contributed by atoms with E-state index < -0.39 is 0 Å². The molecule has 1 unspecified atom stereocenters. The number of carbonyl (C=O) groups excluding carboxylic acids is 2. The van der Waals surface area contributed by atoms with Crippen molar-refractivity contribution in [2.45, 2.75) is 5.37 Å². The molecule has 2 rings (SSSR count). The number of amides is 1. The molecule has 5 nitrogen and oxygen atoms in total. The monoisotopic (exact) mass is 295 g/mol. The van der Waals surface area contributed by atoms with Gasteiger partial charge in [-0.3, -0.25) is 4.79 Å². The van der Waals surface area contributed by atoms with Gasteiger partial charge < -0.3 is 14.4 Å². The number of carbonyl (C=O) groups is 2. The molecule has 108 valence electrons. The highest BCUT2D eigenvalue weighted by molar-refractivity contribution is 8.00. The molecule has 1 atom stereocenters. The van der Waals surface area contributed by atoms with E-state index in [1.165, 1.54) is 7.11 Å². The third-order valence-electron chi connectivity index (χ3n) is 3.12. The van der Waals surface area contributed by atoms with Crippen LogP contribution >= 0.6 is 11.8 Å². The summed E-state index contributed by atoms with van der Waals surface area (Å²) in [5.41, 5.74) is 1.51. The summed E-state index contributed by atoms with van der Waals surface area (Å²) >= 11 is 1.59. The van der Waals surface area contributed by atoms with Crippen molar-refractivity contribution in [3.63, 3.8) is 0 Å². The van der Waals surface area contributed by atoms with Gasteiger partial charge in [0.15, 0.2) is 0 Å². The number of methoxy groups -OCH3 is 2. The zero-order valence-electron chi connectivity index (χ0n) is 11.5. The Morgan fingerprint density at radius 3 is 2.65 bits per heavy atom. The largest absolute Gasteiger partial charge is 0.465 e. The molecular weight excluding hydrogens is 278 g/mol. The minimum atomic E-state index is -0.358. The van der Waals surface area contributed by atoms with E-state index in [0.29, 0.717) is 24.5 Å². The van der Waals surface area contributed by atoms with Crippen molar-refractivity contribution >= 4 is 23.6 Å². The number of ether oxygens (including phenoxy) is 2. The molecule has 1 aromatic rings. The lowest BCUT2D eigenvalue weighted by molar-refractivity contribution is -0.128. The smallest absolute Gasteiger partial charge is 0.337 e. The first kappa shape index (κ1) is 14.9. The van der Waals surface area contributed by atoms with E-state index >= 15 is 0 Å². The summed E-state index contributed by atoms with van der Waals surface area (Å²) in [6.45, 7) is 1.09. The molecule has 0 spiro atoms. The van der Waals surface area contributed by atoms with E-state index in [1.54, 1.807) is 35.9 Å². The fourth-order valence-corrected chi connectivity index (χ4v) is 3.28. The maximum Gasteiger partial charge on any atom is 0.337 e. The van der Waals surface area contributed by atoms with Crippen molar-refractivity contribution in [3.05, 3.63) is 35.4 Å². The summed E-state index contributed by atoms with van der Waals surface area (Å²) < 4.78 is 9.70. The first-order valence-corrected chi connectivity index (χ1v) is 7.30. The fourth-order valence-electron chi connectivity index (χ4n) is 2.06. The molecule has 6 heteroatoms. The Labute approximate surface area is 122 Å². The van der Waals surface area contributed by atoms with Crippen LogP contribution in [0.25, 0.3) is 0 Å². The van der Waals surface area contributed by atoms with E-state index in [2.05, 4.69) is 4.74 Å². The summed E-state index contributed by atoms with van der Waals surface area (Å²) in [5.74, 6) is 0.240. The number of benzene rings is 1. The molecule has 1 aliphatic heterocycles. The van der Waals surface area contributed by atoms with Crippen LogP contribution in [-0.4, -0.2) is 49.9 Å². The van der Waals surface area contributed by atoms with Gasteiger partial charge in [-0.2, -0.15) is 0 Å². The second-order valence-electron chi connectivity index (χ2n) is 4.36. The predicted octanol–water partition coefficient (Wildman–Crippen LogP) is 1.69. The van der Waals surface area contributed by atoms with E-state index in [0.717, 1.165) is 5.56 Å². The highest BCUT2D eigenvalue weighted by Crippen LogP contribution is 2.38. The molecule has 0 aliphatic carbocycles. The van der Waals surface area contributed by atoms with Gasteiger partial charge in [0.1, 0.15) is 5.37 Å². The highest BCUT2D eigenvalue weighted by atomic mass is 32.2. The Morgan fingerprint density at radius 2 is 2.05 bits per heavy atom. The second kappa shape index (κ2) is 6.76. The van der Waals surface area contributed by atoms with Crippen LogP contribution in [-0.2, 0) is 14.3 Å². The molecule has 1 saturated heterocycles. The van der Waals surface area contributed by atoms with Gasteiger partial charge in [0.05, 0.1) is 25.0 Å². The maximum absolute atomic E-state index is 11.9. The first-order chi connectivity index (χ1) is 9.67. The minimum Gasteiger partial charge on any atom is -0.465 e. The van der Waals surface area contributed by atoms with Crippen molar-refractivity contribution in [1.82, 2.24) is 4.90 Å². The average Bonchev–Trinajstić information content (AvgIpc) is 2.85. The third kappa shape index (κ3) is 3.13. The lowest BCUT2D eigenvalue weighted by Crippen LogP contribution is -2.31. The van der Waals surface area contributed by atoms with Gasteiger partial charge in [0.2, 0.25) is 5.91 Å². The summed E-state index contributed by atoms with van der Waals surface area (Å²) in [6, 6.07) is 7.17. The minimum absolute atomic E-state index is 0.00986. The molecular formula is C14H17NO4S. The zero-order chi connectivity index (χ0) is 14.5. The van der Waals surface area contributed by atoms with Crippen LogP contribution in [0.1, 0.15) is 21.3 Å². The van der Waals surface area contributed by atoms with Crippen LogP contribution < -0.4 is 0 Å². The van der Waals surface area contributed by atoms with Crippen molar-refractivity contribution in [3.8, 4) is 0 Å². The standard InChI is InChI=1S/C14H17NO4S/c1-18-8-7-15-12(16)9-20-13(15)10-3-5-11(6-4-10)14(17)19-2/h3-6,13H,7-9H2,1-2H3. The third-order valence-corrected chi connectivity index (χ3v) is 4.38. The summed E-state index contributed by atoms with van der Waals surface area (Å²) in [4.78, 5) is 25.1. The molecule has 0 bridgehead atoms. The van der Waals surface area contributed by atoms with Crippen molar-refractivity contribution in [2.75, 3.05) is 33.1 Å². The Morgan fingerprint density at radius 1 is 1.35 bits per heavy atom. The van der Waals surface area contributed by atoms with Gasteiger partial charge in [-0.05, 0) is 17.7 Å². The zero-order valence-corrected chi connectivity index (χ0v) is 12.3. The molecule has 1 heterocycles. The first-order valence-electron chi connectivity index (χ1n) is 6.25. The summed E-state index contributed by atoms with van der Waals surface area (Å²) in [6.07, 6.45) is 0. The van der Waals surface area contributed by atoms with Crippen molar-refractivity contribution in [1.29, 1.82) is 0 Å². The van der Waals surface area contributed by atoms with Crippen LogP contribution in [0.5, 0.6) is 0 Å². The van der Waals surface area contributed by atoms with E-state index in [4.69, 9.17) is 4.74 Å². The molecule has 0 radical (unpaired) electrons. The molecule has 1 amide bonds. The summed E-state index contributed by atoms with van der Waals surface area (Å²) in [5, 5.41) is -0.00986. The lowest BCUT2D eigenvalue weighted by Gasteiger charge is -2.23. The van der Waals surface area contributed by atoms with Crippen molar-refractivity contribution in [2.24, 2.45) is 0 Å². The Bertz CT molecular complexity index is 488. The molecule has 1 fully saturated rings. The van der Waals surface area contributed by atoms with Gasteiger partial charge in [-0.25, -0.2) is 4.79 Å². The number of esters is 1. The number of rotatable bonds is 5. The molecule has 1 aliphatic rings. The highest BCUT2D eigenvalue weighted by Gasteiger charge is 2.32. The van der Waals surface area contributed by atoms with Gasteiger partial charge in [0.25, 0.3) is 0 Å². The van der Waals surface area contributed by atoms with Crippen molar-refractivity contribution < 1.29 is 19.1 Å². The fraction of sp³-hybridized carbons (Fsp3) is 0.429. The van der Waals surface area contributed by atoms with E-state index in [-0.39, 0.29) is 17.3 Å². The van der Waals surface area contributed by atoms with E-state index in [9.17, 15) is 9.59 Å². The van der Waals surface area contributed by atoms with E-state index in [1.807, 2.05) is 12.1 Å². The molecule has 0 aromatic heterocycles. The predicted molar refractivity (Wildman–Crippen MR) is 76.6 cm³/mol. The molecule has 1 aromatic carbocycles. The number of hydrogen-bond acceptors (Lipinski definition) is 5. The van der Waals surface area contributed by atoms with Crippen LogP contribution in [0.4, 0.5) is 0 Å². The molecule has 20 heavy (non-hydrogen) atoms. The SMILES string of the molecule is COCCN1C(=O)CSC1c1ccc(C(=O)OC)cc1. The number of thioether (sulfide) groups is 1. The Balaban J connectivity index is 2.13. The number of nitrogens with zero attached hydrogens (tertiary/aromatic N) is 1. The van der Waals surface area contributed by atoms with Crippen LogP contribution in [0.2, 0.25) is 0 Å². The topological polar surface area (TPSA) is 55.8 Å². The summed E-state index contributed by atoms with van der Waals surface area (Å²) in [7, 11) is 2.97.